The van der Waals surface area contributed by atoms with Crippen molar-refractivity contribution in [2.24, 2.45) is 5.92 Å². The van der Waals surface area contributed by atoms with Crippen molar-refractivity contribution in [2.45, 2.75) is 31.1 Å². The highest BCUT2D eigenvalue weighted by molar-refractivity contribution is 5.98. The smallest absolute Gasteiger partial charge is 0.234 e. The standard InChI is InChI=1S/C27H34N2O4/c1-32-24-9-7-21(8-10-24)26(31)22-11-15-29(16-12-22)19-25(30)28-20-27(13-17-33-18-14-27)23-5-3-2-4-6-23/h2-10,22H,11-20H2,1H3,(H,28,30). The highest BCUT2D eigenvalue weighted by atomic mass is 16.5. The summed E-state index contributed by atoms with van der Waals surface area (Å²) in [5, 5.41) is 3.19. The molecule has 33 heavy (non-hydrogen) atoms. The molecule has 2 aliphatic rings. The Kier molecular flexibility index (Phi) is 7.78. The van der Waals surface area contributed by atoms with Crippen molar-refractivity contribution in [2.75, 3.05) is 46.5 Å². The minimum atomic E-state index is -0.0626. The van der Waals surface area contributed by atoms with Gasteiger partial charge in [-0.3, -0.25) is 14.5 Å². The number of benzene rings is 2. The molecule has 4 rings (SSSR count). The summed E-state index contributed by atoms with van der Waals surface area (Å²) in [7, 11) is 1.62. The van der Waals surface area contributed by atoms with Gasteiger partial charge in [0.15, 0.2) is 5.78 Å². The van der Waals surface area contributed by atoms with Crippen LogP contribution < -0.4 is 10.1 Å². The van der Waals surface area contributed by atoms with Crippen LogP contribution >= 0.6 is 0 Å². The first-order valence-electron chi connectivity index (χ1n) is 11.9. The zero-order valence-corrected chi connectivity index (χ0v) is 19.4. The van der Waals surface area contributed by atoms with Crippen LogP contribution in [0, 0.1) is 5.92 Å². The molecule has 0 saturated carbocycles. The van der Waals surface area contributed by atoms with Crippen LogP contribution in [-0.2, 0) is 14.9 Å². The van der Waals surface area contributed by atoms with Crippen LogP contribution in [0.25, 0.3) is 0 Å². The Labute approximate surface area is 196 Å². The number of piperidine rings is 1. The van der Waals surface area contributed by atoms with Gasteiger partial charge < -0.3 is 14.8 Å². The van der Waals surface area contributed by atoms with Crippen LogP contribution in [0.4, 0.5) is 0 Å². The minimum absolute atomic E-state index is 0.0151. The zero-order valence-electron chi connectivity index (χ0n) is 19.4. The quantitative estimate of drug-likeness (QED) is 0.624. The number of carbonyl (C=O) groups is 2. The van der Waals surface area contributed by atoms with Gasteiger partial charge in [0, 0.05) is 36.7 Å². The van der Waals surface area contributed by atoms with Crippen LogP contribution in [-0.4, -0.2) is 63.1 Å². The summed E-state index contributed by atoms with van der Waals surface area (Å²) in [6.45, 7) is 3.98. The molecule has 2 aromatic carbocycles. The van der Waals surface area contributed by atoms with E-state index in [2.05, 4.69) is 34.5 Å². The molecule has 0 atom stereocenters. The van der Waals surface area contributed by atoms with Crippen LogP contribution in [0.1, 0.15) is 41.6 Å². The molecule has 1 amide bonds. The van der Waals surface area contributed by atoms with E-state index in [1.165, 1.54) is 5.56 Å². The largest absolute Gasteiger partial charge is 0.497 e. The number of ketones is 1. The minimum Gasteiger partial charge on any atom is -0.497 e. The zero-order chi connectivity index (χ0) is 23.1. The van der Waals surface area contributed by atoms with Gasteiger partial charge in [-0.2, -0.15) is 0 Å². The van der Waals surface area contributed by atoms with Crippen LogP contribution in [0.2, 0.25) is 0 Å². The predicted molar refractivity (Wildman–Crippen MR) is 128 cm³/mol. The van der Waals surface area contributed by atoms with E-state index >= 15 is 0 Å². The fraction of sp³-hybridized carbons (Fsp3) is 0.481. The third-order valence-electron chi connectivity index (χ3n) is 7.16. The molecule has 1 N–H and O–H groups in total. The molecular formula is C27H34N2O4. The monoisotopic (exact) mass is 450 g/mol. The van der Waals surface area contributed by atoms with Gasteiger partial charge in [0.05, 0.1) is 13.7 Å². The highest BCUT2D eigenvalue weighted by Crippen LogP contribution is 2.34. The lowest BCUT2D eigenvalue weighted by molar-refractivity contribution is -0.123. The van der Waals surface area contributed by atoms with E-state index < -0.39 is 0 Å². The van der Waals surface area contributed by atoms with Crippen LogP contribution in [0.5, 0.6) is 5.75 Å². The number of methoxy groups -OCH3 is 1. The van der Waals surface area contributed by atoms with E-state index in [1.807, 2.05) is 30.3 Å². The molecule has 6 nitrogen and oxygen atoms in total. The van der Waals surface area contributed by atoms with Crippen LogP contribution in [0.15, 0.2) is 54.6 Å². The van der Waals surface area contributed by atoms with Crippen molar-refractivity contribution in [3.05, 3.63) is 65.7 Å². The van der Waals surface area contributed by atoms with Gasteiger partial charge in [0.1, 0.15) is 5.75 Å². The van der Waals surface area contributed by atoms with E-state index in [4.69, 9.17) is 9.47 Å². The van der Waals surface area contributed by atoms with Gasteiger partial charge in [-0.25, -0.2) is 0 Å². The summed E-state index contributed by atoms with van der Waals surface area (Å²) in [4.78, 5) is 27.7. The number of amides is 1. The molecule has 2 aromatic rings. The normalized spacial score (nSPS) is 19.1. The van der Waals surface area contributed by atoms with Crippen molar-refractivity contribution in [1.82, 2.24) is 10.2 Å². The molecule has 0 spiro atoms. The van der Waals surface area contributed by atoms with E-state index in [0.29, 0.717) is 13.1 Å². The van der Waals surface area contributed by atoms with Crippen molar-refractivity contribution in [1.29, 1.82) is 0 Å². The number of carbonyl (C=O) groups excluding carboxylic acids is 2. The molecule has 2 aliphatic heterocycles. The molecule has 6 heteroatoms. The SMILES string of the molecule is COc1ccc(C(=O)C2CCN(CC(=O)NCC3(c4ccccc4)CCOCC3)CC2)cc1. The number of nitrogens with zero attached hydrogens (tertiary/aromatic N) is 1. The lowest BCUT2D eigenvalue weighted by Gasteiger charge is -2.38. The Morgan fingerprint density at radius 3 is 2.33 bits per heavy atom. The molecule has 0 aliphatic carbocycles. The van der Waals surface area contributed by atoms with Crippen molar-refractivity contribution < 1.29 is 19.1 Å². The molecular weight excluding hydrogens is 416 g/mol. The fourth-order valence-electron chi connectivity index (χ4n) is 4.99. The van der Waals surface area contributed by atoms with Gasteiger partial charge in [-0.15, -0.1) is 0 Å². The third-order valence-corrected chi connectivity index (χ3v) is 7.16. The summed E-state index contributed by atoms with van der Waals surface area (Å²) in [5.41, 5.74) is 1.94. The number of nitrogens with one attached hydrogen (secondary N) is 1. The Morgan fingerprint density at radius 2 is 1.70 bits per heavy atom. The summed E-state index contributed by atoms with van der Waals surface area (Å²) in [6.07, 6.45) is 3.39. The topological polar surface area (TPSA) is 67.9 Å². The average molecular weight is 451 g/mol. The number of hydrogen-bond acceptors (Lipinski definition) is 5. The molecule has 2 saturated heterocycles. The summed E-state index contributed by atoms with van der Waals surface area (Å²) in [5.74, 6) is 1.01. The number of likely N-dealkylation sites (tertiary alicyclic amines) is 1. The molecule has 0 unspecified atom stereocenters. The number of rotatable bonds is 8. The Bertz CT molecular complexity index is 915. The summed E-state index contributed by atoms with van der Waals surface area (Å²) >= 11 is 0. The van der Waals surface area contributed by atoms with Gasteiger partial charge in [0.2, 0.25) is 5.91 Å². The van der Waals surface area contributed by atoms with E-state index in [-0.39, 0.29) is 23.0 Å². The molecule has 0 radical (unpaired) electrons. The average Bonchev–Trinajstić information content (AvgIpc) is 2.89. The van der Waals surface area contributed by atoms with Gasteiger partial charge in [-0.1, -0.05) is 30.3 Å². The van der Waals surface area contributed by atoms with Crippen molar-refractivity contribution >= 4 is 11.7 Å². The molecule has 2 fully saturated rings. The van der Waals surface area contributed by atoms with Crippen molar-refractivity contribution in [3.63, 3.8) is 0 Å². The second kappa shape index (κ2) is 10.9. The van der Waals surface area contributed by atoms with Crippen LogP contribution in [0.3, 0.4) is 0 Å². The molecule has 0 aromatic heterocycles. The molecule has 0 bridgehead atoms. The van der Waals surface area contributed by atoms with Crippen molar-refractivity contribution in [3.8, 4) is 5.75 Å². The van der Waals surface area contributed by atoms with E-state index in [9.17, 15) is 9.59 Å². The van der Waals surface area contributed by atoms with E-state index in [0.717, 1.165) is 63.3 Å². The lowest BCUT2D eigenvalue weighted by atomic mass is 9.74. The summed E-state index contributed by atoms with van der Waals surface area (Å²) < 4.78 is 10.8. The van der Waals surface area contributed by atoms with E-state index in [1.54, 1.807) is 7.11 Å². The third kappa shape index (κ3) is 5.81. The first-order chi connectivity index (χ1) is 16.1. The first kappa shape index (κ1) is 23.5. The molecule has 2 heterocycles. The first-order valence-corrected chi connectivity index (χ1v) is 11.9. The fourth-order valence-corrected chi connectivity index (χ4v) is 4.99. The number of hydrogen-bond donors (Lipinski definition) is 1. The maximum atomic E-state index is 12.8. The second-order valence-electron chi connectivity index (χ2n) is 9.18. The Morgan fingerprint density at radius 1 is 1.03 bits per heavy atom. The predicted octanol–water partition coefficient (Wildman–Crippen LogP) is 3.45. The number of Topliss-reactive ketones (excluding diaryl/α,β-unsaturated/α-hetero) is 1. The Hall–Kier alpha value is -2.70. The maximum Gasteiger partial charge on any atom is 0.234 e. The second-order valence-corrected chi connectivity index (χ2v) is 9.18. The summed E-state index contributed by atoms with van der Waals surface area (Å²) in [6, 6.07) is 17.8. The Balaban J connectivity index is 1.26. The molecule has 176 valence electrons. The van der Waals surface area contributed by atoms with Gasteiger partial charge in [0.25, 0.3) is 0 Å². The maximum absolute atomic E-state index is 12.8. The highest BCUT2D eigenvalue weighted by Gasteiger charge is 2.35. The van der Waals surface area contributed by atoms with Gasteiger partial charge in [-0.05, 0) is 68.6 Å². The van der Waals surface area contributed by atoms with Gasteiger partial charge >= 0.3 is 0 Å². The number of ether oxygens (including phenoxy) is 2. The lowest BCUT2D eigenvalue weighted by Crippen LogP contribution is -2.48.